The maximum absolute atomic E-state index is 13.4. The molecular formula is C20H17F2N3O2. The highest BCUT2D eigenvalue weighted by atomic mass is 19.1. The van der Waals surface area contributed by atoms with Gasteiger partial charge in [-0.2, -0.15) is 4.98 Å². The molecule has 2 aromatic carbocycles. The third-order valence-corrected chi connectivity index (χ3v) is 4.58. The molecule has 0 radical (unpaired) electrons. The third-order valence-electron chi connectivity index (χ3n) is 4.58. The Morgan fingerprint density at radius 3 is 2.70 bits per heavy atom. The molecule has 1 saturated heterocycles. The third kappa shape index (κ3) is 3.72. The van der Waals surface area contributed by atoms with Crippen molar-refractivity contribution in [3.8, 4) is 11.4 Å². The summed E-state index contributed by atoms with van der Waals surface area (Å²) in [5.74, 6) is -0.790. The highest BCUT2D eigenvalue weighted by Gasteiger charge is 2.34. The summed E-state index contributed by atoms with van der Waals surface area (Å²) in [6.45, 7) is 2.49. The lowest BCUT2D eigenvalue weighted by Gasteiger charge is -2.16. The molecule has 0 saturated carbocycles. The molecule has 1 atom stereocenters. The molecule has 138 valence electrons. The number of benzene rings is 2. The van der Waals surface area contributed by atoms with Gasteiger partial charge in [0.1, 0.15) is 11.6 Å². The predicted octanol–water partition coefficient (Wildman–Crippen LogP) is 3.84. The first-order valence-corrected chi connectivity index (χ1v) is 8.61. The van der Waals surface area contributed by atoms with Crippen LogP contribution in [-0.4, -0.2) is 27.5 Å². The number of carbonyl (C=O) groups is 1. The molecular weight excluding hydrogens is 352 g/mol. The Hall–Kier alpha value is -3.09. The number of rotatable bonds is 4. The van der Waals surface area contributed by atoms with E-state index in [9.17, 15) is 13.6 Å². The first kappa shape index (κ1) is 17.3. The van der Waals surface area contributed by atoms with Crippen molar-refractivity contribution in [2.45, 2.75) is 25.8 Å². The average molecular weight is 369 g/mol. The van der Waals surface area contributed by atoms with Crippen molar-refractivity contribution >= 4 is 5.91 Å². The standard InChI is InChI=1S/C20H17F2N3O2/c1-12-3-2-4-14(5-12)19-23-20(27-24-19)15-8-18(26)25(11-15)10-13-6-16(21)9-17(22)7-13/h2-7,9,15H,8,10-11H2,1H3. The zero-order valence-electron chi connectivity index (χ0n) is 14.7. The second kappa shape index (κ2) is 6.90. The Balaban J connectivity index is 1.49. The van der Waals surface area contributed by atoms with Gasteiger partial charge in [-0.05, 0) is 30.7 Å². The van der Waals surface area contributed by atoms with E-state index in [2.05, 4.69) is 10.1 Å². The minimum Gasteiger partial charge on any atom is -0.339 e. The van der Waals surface area contributed by atoms with E-state index in [1.165, 1.54) is 12.1 Å². The van der Waals surface area contributed by atoms with E-state index < -0.39 is 11.6 Å². The van der Waals surface area contributed by atoms with E-state index in [0.29, 0.717) is 23.8 Å². The molecule has 0 N–H and O–H groups in total. The lowest BCUT2D eigenvalue weighted by atomic mass is 10.1. The Labute approximate surface area is 154 Å². The SMILES string of the molecule is Cc1cccc(-c2noc(C3CC(=O)N(Cc4cc(F)cc(F)c4)C3)n2)c1. The first-order valence-electron chi connectivity index (χ1n) is 8.61. The van der Waals surface area contributed by atoms with E-state index in [-0.39, 0.29) is 24.8 Å². The predicted molar refractivity (Wildman–Crippen MR) is 93.6 cm³/mol. The van der Waals surface area contributed by atoms with Crippen molar-refractivity contribution in [2.75, 3.05) is 6.54 Å². The topological polar surface area (TPSA) is 59.2 Å². The van der Waals surface area contributed by atoms with Gasteiger partial charge in [0.25, 0.3) is 0 Å². The molecule has 4 rings (SSSR count). The Morgan fingerprint density at radius 2 is 1.96 bits per heavy atom. The number of hydrogen-bond acceptors (Lipinski definition) is 4. The Bertz CT molecular complexity index is 982. The smallest absolute Gasteiger partial charge is 0.232 e. The summed E-state index contributed by atoms with van der Waals surface area (Å²) in [5, 5.41) is 4.01. The maximum Gasteiger partial charge on any atom is 0.232 e. The molecule has 1 aliphatic heterocycles. The summed E-state index contributed by atoms with van der Waals surface area (Å²) in [7, 11) is 0. The maximum atomic E-state index is 13.4. The van der Waals surface area contributed by atoms with E-state index in [4.69, 9.17) is 4.52 Å². The fraction of sp³-hybridized carbons (Fsp3) is 0.250. The lowest BCUT2D eigenvalue weighted by Crippen LogP contribution is -2.24. The Kier molecular flexibility index (Phi) is 4.43. The van der Waals surface area contributed by atoms with Crippen LogP contribution in [-0.2, 0) is 11.3 Å². The van der Waals surface area contributed by atoms with Gasteiger partial charge in [0, 0.05) is 31.1 Å². The van der Waals surface area contributed by atoms with Crippen molar-refractivity contribution < 1.29 is 18.1 Å². The molecule has 2 heterocycles. The van der Waals surface area contributed by atoms with Crippen molar-refractivity contribution in [3.63, 3.8) is 0 Å². The Morgan fingerprint density at radius 1 is 1.19 bits per heavy atom. The molecule has 0 spiro atoms. The molecule has 1 unspecified atom stereocenters. The quantitative estimate of drug-likeness (QED) is 0.701. The number of aryl methyl sites for hydroxylation is 1. The van der Waals surface area contributed by atoms with Gasteiger partial charge in [0.2, 0.25) is 17.6 Å². The zero-order chi connectivity index (χ0) is 19.0. The van der Waals surface area contributed by atoms with Gasteiger partial charge in [-0.25, -0.2) is 8.78 Å². The average Bonchev–Trinajstić information content (AvgIpc) is 3.22. The number of aromatic nitrogens is 2. The van der Waals surface area contributed by atoms with E-state index in [0.717, 1.165) is 17.2 Å². The van der Waals surface area contributed by atoms with Gasteiger partial charge < -0.3 is 9.42 Å². The summed E-state index contributed by atoms with van der Waals surface area (Å²) >= 11 is 0. The minimum absolute atomic E-state index is 0.111. The summed E-state index contributed by atoms with van der Waals surface area (Å²) in [6.07, 6.45) is 0.229. The highest BCUT2D eigenvalue weighted by molar-refractivity contribution is 5.79. The number of hydrogen-bond donors (Lipinski definition) is 0. The fourth-order valence-corrected chi connectivity index (χ4v) is 3.32. The molecule has 0 bridgehead atoms. The molecule has 5 nitrogen and oxygen atoms in total. The number of likely N-dealkylation sites (tertiary alicyclic amines) is 1. The number of nitrogens with zero attached hydrogens (tertiary/aromatic N) is 3. The number of carbonyl (C=O) groups excluding carboxylic acids is 1. The van der Waals surface area contributed by atoms with Crippen molar-refractivity contribution in [1.82, 2.24) is 15.0 Å². The van der Waals surface area contributed by atoms with Crippen molar-refractivity contribution in [2.24, 2.45) is 0 Å². The van der Waals surface area contributed by atoms with E-state index in [1.807, 2.05) is 31.2 Å². The van der Waals surface area contributed by atoms with E-state index >= 15 is 0 Å². The molecule has 1 fully saturated rings. The van der Waals surface area contributed by atoms with Crippen LogP contribution < -0.4 is 0 Å². The summed E-state index contributed by atoms with van der Waals surface area (Å²) in [4.78, 5) is 18.3. The lowest BCUT2D eigenvalue weighted by molar-refractivity contribution is -0.128. The molecule has 1 aromatic heterocycles. The largest absolute Gasteiger partial charge is 0.339 e. The van der Waals surface area contributed by atoms with Gasteiger partial charge in [-0.1, -0.05) is 28.9 Å². The summed E-state index contributed by atoms with van der Waals surface area (Å²) in [6, 6.07) is 11.0. The van der Waals surface area contributed by atoms with E-state index in [1.54, 1.807) is 4.90 Å². The molecule has 1 aliphatic rings. The van der Waals surface area contributed by atoms with Crippen LogP contribution in [0.15, 0.2) is 47.0 Å². The van der Waals surface area contributed by atoms with Gasteiger partial charge in [-0.15, -0.1) is 0 Å². The molecule has 7 heteroatoms. The second-order valence-electron chi connectivity index (χ2n) is 6.78. The van der Waals surface area contributed by atoms with Gasteiger partial charge in [0.15, 0.2) is 0 Å². The van der Waals surface area contributed by atoms with Crippen LogP contribution in [0.25, 0.3) is 11.4 Å². The van der Waals surface area contributed by atoms with Crippen LogP contribution in [0.3, 0.4) is 0 Å². The van der Waals surface area contributed by atoms with Crippen molar-refractivity contribution in [1.29, 1.82) is 0 Å². The van der Waals surface area contributed by atoms with Crippen LogP contribution in [0.2, 0.25) is 0 Å². The first-order chi connectivity index (χ1) is 13.0. The molecule has 3 aromatic rings. The monoisotopic (exact) mass is 369 g/mol. The van der Waals surface area contributed by atoms with Crippen molar-refractivity contribution in [3.05, 3.63) is 71.1 Å². The van der Waals surface area contributed by atoms with Gasteiger partial charge in [0.05, 0.1) is 5.92 Å². The van der Waals surface area contributed by atoms with Gasteiger partial charge in [-0.3, -0.25) is 4.79 Å². The number of amides is 1. The molecule has 27 heavy (non-hydrogen) atoms. The molecule has 0 aliphatic carbocycles. The number of halogens is 2. The second-order valence-corrected chi connectivity index (χ2v) is 6.78. The summed E-state index contributed by atoms with van der Waals surface area (Å²) in [5.41, 5.74) is 2.34. The minimum atomic E-state index is -0.659. The fourth-order valence-electron chi connectivity index (χ4n) is 3.32. The van der Waals surface area contributed by atoms with Gasteiger partial charge >= 0.3 is 0 Å². The van der Waals surface area contributed by atoms with Crippen LogP contribution in [0, 0.1) is 18.6 Å². The summed E-state index contributed by atoms with van der Waals surface area (Å²) < 4.78 is 32.1. The van der Waals surface area contributed by atoms with Crippen LogP contribution in [0.4, 0.5) is 8.78 Å². The van der Waals surface area contributed by atoms with Crippen LogP contribution >= 0.6 is 0 Å². The van der Waals surface area contributed by atoms with Crippen LogP contribution in [0.5, 0.6) is 0 Å². The zero-order valence-corrected chi connectivity index (χ0v) is 14.7. The molecule has 1 amide bonds. The van der Waals surface area contributed by atoms with Crippen LogP contribution in [0.1, 0.15) is 29.4 Å². The normalized spacial score (nSPS) is 16.9. The highest BCUT2D eigenvalue weighted by Crippen LogP contribution is 2.30.